The van der Waals surface area contributed by atoms with Crippen LogP contribution in [0.2, 0.25) is 0 Å². The Morgan fingerprint density at radius 3 is 2.46 bits per heavy atom. The standard InChI is InChI=1S/C29H25FN4O6S/c1-34(21-12-13-24-25(16-21)40-18-39-24)28(35)23(15-19-7-3-2-4-8-19)32-29(36)33-41(37,38)26-10-6-5-9-22(26)20-11-14-27(30)31-17-20/h2-14,16-17,23H,15,18H2,1H3,(H2,32,33,36)/t23-/m0/s1. The monoisotopic (exact) mass is 576 g/mol. The van der Waals surface area contributed by atoms with Gasteiger partial charge >= 0.3 is 6.03 Å². The van der Waals surface area contributed by atoms with Gasteiger partial charge in [0.05, 0.1) is 4.90 Å². The van der Waals surface area contributed by atoms with Crippen LogP contribution in [0, 0.1) is 5.95 Å². The Hall–Kier alpha value is -4.97. The fourth-order valence-corrected chi connectivity index (χ4v) is 5.49. The molecule has 0 fully saturated rings. The molecule has 1 aromatic heterocycles. The molecule has 41 heavy (non-hydrogen) atoms. The Labute approximate surface area is 235 Å². The number of benzene rings is 3. The molecule has 0 radical (unpaired) electrons. The zero-order valence-electron chi connectivity index (χ0n) is 21.8. The van der Waals surface area contributed by atoms with E-state index in [-0.39, 0.29) is 23.7 Å². The summed E-state index contributed by atoms with van der Waals surface area (Å²) in [5.41, 5.74) is 1.81. The Balaban J connectivity index is 1.38. The number of urea groups is 1. The largest absolute Gasteiger partial charge is 0.454 e. The van der Waals surface area contributed by atoms with Crippen LogP contribution in [0.15, 0.2) is 96.0 Å². The highest BCUT2D eigenvalue weighted by atomic mass is 32.2. The van der Waals surface area contributed by atoms with Crippen LogP contribution in [-0.2, 0) is 21.2 Å². The highest BCUT2D eigenvalue weighted by Crippen LogP contribution is 2.35. The van der Waals surface area contributed by atoms with E-state index in [2.05, 4.69) is 10.3 Å². The first-order chi connectivity index (χ1) is 19.7. The summed E-state index contributed by atoms with van der Waals surface area (Å²) in [5.74, 6) is -0.173. The molecule has 0 unspecified atom stereocenters. The van der Waals surface area contributed by atoms with Gasteiger partial charge in [0.15, 0.2) is 11.5 Å². The second-order valence-corrected chi connectivity index (χ2v) is 10.8. The molecule has 5 rings (SSSR count). The molecule has 0 saturated heterocycles. The second-order valence-electron chi connectivity index (χ2n) is 9.12. The predicted octanol–water partition coefficient (Wildman–Crippen LogP) is 3.88. The lowest BCUT2D eigenvalue weighted by Gasteiger charge is -2.25. The van der Waals surface area contributed by atoms with E-state index >= 15 is 0 Å². The van der Waals surface area contributed by atoms with Crippen molar-refractivity contribution in [1.29, 1.82) is 0 Å². The molecule has 1 aliphatic heterocycles. The zero-order valence-corrected chi connectivity index (χ0v) is 22.6. The van der Waals surface area contributed by atoms with Crippen molar-refractivity contribution in [3.8, 4) is 22.6 Å². The number of carbonyl (C=O) groups is 2. The number of halogens is 1. The van der Waals surface area contributed by atoms with Gasteiger partial charge < -0.3 is 19.7 Å². The molecular formula is C29H25FN4O6S. The van der Waals surface area contributed by atoms with Gasteiger partial charge in [0.25, 0.3) is 10.0 Å². The minimum atomic E-state index is -4.41. The molecule has 4 aromatic rings. The number of carbonyl (C=O) groups excluding carboxylic acids is 2. The number of nitrogens with one attached hydrogen (secondary N) is 2. The van der Waals surface area contributed by atoms with E-state index in [9.17, 15) is 22.4 Å². The van der Waals surface area contributed by atoms with E-state index in [4.69, 9.17) is 9.47 Å². The topological polar surface area (TPSA) is 127 Å². The maximum atomic E-state index is 13.6. The summed E-state index contributed by atoms with van der Waals surface area (Å²) < 4.78 is 52.6. The van der Waals surface area contributed by atoms with Crippen molar-refractivity contribution in [3.05, 3.63) is 103 Å². The molecule has 2 N–H and O–H groups in total. The van der Waals surface area contributed by atoms with Gasteiger partial charge in [-0.2, -0.15) is 4.39 Å². The molecule has 1 atom stereocenters. The fourth-order valence-electron chi connectivity index (χ4n) is 4.34. The first kappa shape index (κ1) is 27.6. The molecule has 0 saturated carbocycles. The highest BCUT2D eigenvalue weighted by Gasteiger charge is 2.29. The Morgan fingerprint density at radius 2 is 1.71 bits per heavy atom. The van der Waals surface area contributed by atoms with E-state index < -0.39 is 34.0 Å². The van der Waals surface area contributed by atoms with E-state index in [1.165, 1.54) is 35.4 Å². The van der Waals surface area contributed by atoms with Crippen molar-refractivity contribution in [3.63, 3.8) is 0 Å². The summed E-state index contributed by atoms with van der Waals surface area (Å²) in [6.07, 6.45) is 1.30. The minimum Gasteiger partial charge on any atom is -0.454 e. The van der Waals surface area contributed by atoms with Gasteiger partial charge in [-0.15, -0.1) is 0 Å². The minimum absolute atomic E-state index is 0.0735. The Morgan fingerprint density at radius 1 is 0.976 bits per heavy atom. The van der Waals surface area contributed by atoms with Crippen molar-refractivity contribution in [2.75, 3.05) is 18.7 Å². The van der Waals surface area contributed by atoms with Crippen molar-refractivity contribution < 1.29 is 31.9 Å². The number of sulfonamides is 1. The van der Waals surface area contributed by atoms with Crippen LogP contribution >= 0.6 is 0 Å². The average molecular weight is 577 g/mol. The number of ether oxygens (including phenoxy) is 2. The van der Waals surface area contributed by atoms with Crippen LogP contribution in [0.3, 0.4) is 0 Å². The number of aromatic nitrogens is 1. The molecule has 0 spiro atoms. The molecule has 3 aromatic carbocycles. The van der Waals surface area contributed by atoms with E-state index in [1.54, 1.807) is 55.6 Å². The van der Waals surface area contributed by atoms with E-state index in [0.717, 1.165) is 11.6 Å². The summed E-state index contributed by atoms with van der Waals surface area (Å²) in [6, 6.07) is 20.2. The van der Waals surface area contributed by atoms with E-state index in [0.29, 0.717) is 22.7 Å². The third-order valence-electron chi connectivity index (χ3n) is 6.40. The fraction of sp³-hybridized carbons (Fsp3) is 0.138. The van der Waals surface area contributed by atoms with E-state index in [1.807, 2.05) is 10.8 Å². The third-order valence-corrected chi connectivity index (χ3v) is 7.79. The Kier molecular flexibility index (Phi) is 7.83. The van der Waals surface area contributed by atoms with Crippen molar-refractivity contribution in [2.45, 2.75) is 17.4 Å². The van der Waals surface area contributed by atoms with Crippen molar-refractivity contribution >= 4 is 27.6 Å². The third kappa shape index (κ3) is 6.28. The van der Waals surface area contributed by atoms with Gasteiger partial charge in [0.2, 0.25) is 18.6 Å². The summed E-state index contributed by atoms with van der Waals surface area (Å²) in [5, 5.41) is 2.52. The summed E-state index contributed by atoms with van der Waals surface area (Å²) in [4.78, 5) is 31.4. The lowest BCUT2D eigenvalue weighted by molar-refractivity contribution is -0.120. The maximum absolute atomic E-state index is 13.6. The SMILES string of the molecule is CN(C(=O)[C@H](Cc1ccccc1)NC(=O)NS(=O)(=O)c1ccccc1-c1ccc(F)nc1)c1ccc2c(c1)OCO2. The summed E-state index contributed by atoms with van der Waals surface area (Å²) >= 11 is 0. The zero-order chi connectivity index (χ0) is 29.0. The molecule has 0 aliphatic carbocycles. The normalized spacial score (nSPS) is 12.8. The molecule has 2 heterocycles. The lowest BCUT2D eigenvalue weighted by Crippen LogP contribution is -2.52. The molecule has 12 heteroatoms. The summed E-state index contributed by atoms with van der Waals surface area (Å²) in [7, 11) is -2.87. The predicted molar refractivity (Wildman–Crippen MR) is 148 cm³/mol. The molecular weight excluding hydrogens is 551 g/mol. The number of nitrogens with zero attached hydrogens (tertiary/aromatic N) is 2. The number of anilines is 1. The van der Waals surface area contributed by atoms with Gasteiger partial charge in [0, 0.05) is 42.5 Å². The Bertz CT molecular complexity index is 1680. The van der Waals surface area contributed by atoms with Gasteiger partial charge in [-0.25, -0.2) is 22.9 Å². The summed E-state index contributed by atoms with van der Waals surface area (Å²) in [6.45, 7) is 0.0735. The molecule has 1 aliphatic rings. The molecule has 10 nitrogen and oxygen atoms in total. The van der Waals surface area contributed by atoms with Crippen LogP contribution in [-0.4, -0.2) is 45.2 Å². The second kappa shape index (κ2) is 11.6. The van der Waals surface area contributed by atoms with Crippen molar-refractivity contribution in [2.24, 2.45) is 0 Å². The smallest absolute Gasteiger partial charge is 0.329 e. The van der Waals surface area contributed by atoms with Crippen LogP contribution in [0.4, 0.5) is 14.9 Å². The number of rotatable bonds is 8. The molecule has 210 valence electrons. The van der Waals surface area contributed by atoms with Crippen LogP contribution in [0.5, 0.6) is 11.5 Å². The van der Waals surface area contributed by atoms with Crippen LogP contribution in [0.25, 0.3) is 11.1 Å². The van der Waals surface area contributed by atoms with Gasteiger partial charge in [-0.1, -0.05) is 48.5 Å². The average Bonchev–Trinajstić information content (AvgIpc) is 3.45. The number of hydrogen-bond acceptors (Lipinski definition) is 7. The lowest BCUT2D eigenvalue weighted by atomic mass is 10.0. The maximum Gasteiger partial charge on any atom is 0.329 e. The van der Waals surface area contributed by atoms with Gasteiger partial charge in [-0.05, 0) is 35.9 Å². The number of pyridine rings is 1. The first-order valence-corrected chi connectivity index (χ1v) is 13.9. The molecule has 0 bridgehead atoms. The quantitative estimate of drug-likeness (QED) is 0.305. The first-order valence-electron chi connectivity index (χ1n) is 12.5. The van der Waals surface area contributed by atoms with Gasteiger partial charge in [-0.3, -0.25) is 4.79 Å². The number of amides is 3. The number of likely N-dealkylation sites (N-methyl/N-ethyl adjacent to an activating group) is 1. The van der Waals surface area contributed by atoms with Crippen LogP contribution in [0.1, 0.15) is 5.56 Å². The number of fused-ring (bicyclic) bond motifs is 1. The van der Waals surface area contributed by atoms with Crippen molar-refractivity contribution in [1.82, 2.24) is 15.0 Å². The molecule has 3 amide bonds. The number of hydrogen-bond donors (Lipinski definition) is 2. The van der Waals surface area contributed by atoms with Gasteiger partial charge in [0.1, 0.15) is 6.04 Å². The highest BCUT2D eigenvalue weighted by molar-refractivity contribution is 7.90. The van der Waals surface area contributed by atoms with Crippen LogP contribution < -0.4 is 24.4 Å².